The molecule has 0 aliphatic carbocycles. The average Bonchev–Trinajstić information content (AvgIpc) is 2.88. The van der Waals surface area contributed by atoms with Crippen LogP contribution in [-0.4, -0.2) is 19.2 Å². The molecule has 22 heavy (non-hydrogen) atoms. The van der Waals surface area contributed by atoms with Gasteiger partial charge in [-0.25, -0.2) is 21.9 Å². The van der Waals surface area contributed by atoms with Gasteiger partial charge in [0.05, 0.1) is 5.75 Å². The molecule has 0 spiro atoms. The highest BCUT2D eigenvalue weighted by atomic mass is 32.2. The molecular formula is C15H14F2N2O2S. The van der Waals surface area contributed by atoms with Crippen molar-refractivity contribution in [3.05, 3.63) is 53.9 Å². The van der Waals surface area contributed by atoms with Crippen molar-refractivity contribution in [2.45, 2.75) is 18.9 Å². The van der Waals surface area contributed by atoms with Crippen LogP contribution < -0.4 is 4.72 Å². The minimum atomic E-state index is -3.15. The second-order valence-corrected chi connectivity index (χ2v) is 7.05. The lowest BCUT2D eigenvalue weighted by Gasteiger charge is -2.10. The molecule has 1 aromatic heterocycles. The summed E-state index contributed by atoms with van der Waals surface area (Å²) in [7, 11) is -3.15. The Morgan fingerprint density at radius 3 is 2.27 bits per heavy atom. The summed E-state index contributed by atoms with van der Waals surface area (Å²) in [6.07, 6.45) is -0.618. The van der Waals surface area contributed by atoms with Gasteiger partial charge in [-0.05, 0) is 23.6 Å². The summed E-state index contributed by atoms with van der Waals surface area (Å²) in [5.41, 5.74) is 2.23. The highest BCUT2D eigenvalue weighted by Gasteiger charge is 2.27. The number of benzene rings is 1. The van der Waals surface area contributed by atoms with Crippen molar-refractivity contribution in [1.82, 2.24) is 9.71 Å². The topological polar surface area (TPSA) is 59.1 Å². The van der Waals surface area contributed by atoms with E-state index in [9.17, 15) is 17.2 Å². The van der Waals surface area contributed by atoms with E-state index in [1.165, 1.54) is 12.3 Å². The molecule has 1 aliphatic rings. The third kappa shape index (κ3) is 3.15. The van der Waals surface area contributed by atoms with Gasteiger partial charge in [-0.3, -0.25) is 4.98 Å². The predicted molar refractivity (Wildman–Crippen MR) is 78.9 cm³/mol. The van der Waals surface area contributed by atoms with Crippen LogP contribution in [0.25, 0.3) is 11.1 Å². The third-order valence-electron chi connectivity index (χ3n) is 3.65. The van der Waals surface area contributed by atoms with Gasteiger partial charge in [0, 0.05) is 17.8 Å². The zero-order valence-corrected chi connectivity index (χ0v) is 12.4. The van der Waals surface area contributed by atoms with Gasteiger partial charge in [-0.15, -0.1) is 0 Å². The Morgan fingerprint density at radius 2 is 1.77 bits per heavy atom. The van der Waals surface area contributed by atoms with E-state index in [2.05, 4.69) is 9.71 Å². The van der Waals surface area contributed by atoms with Crippen molar-refractivity contribution < 1.29 is 17.2 Å². The molecule has 3 rings (SSSR count). The number of sulfonamides is 1. The molecule has 0 bridgehead atoms. The van der Waals surface area contributed by atoms with Crippen molar-refractivity contribution in [3.63, 3.8) is 0 Å². The molecule has 4 nitrogen and oxygen atoms in total. The van der Waals surface area contributed by atoms with Crippen molar-refractivity contribution in [2.75, 3.05) is 5.75 Å². The largest absolute Gasteiger partial charge is 0.280 e. The van der Waals surface area contributed by atoms with E-state index < -0.39 is 16.4 Å². The van der Waals surface area contributed by atoms with Crippen molar-refractivity contribution in [3.8, 4) is 11.1 Å². The fraction of sp³-hybridized carbons (Fsp3) is 0.267. The lowest BCUT2D eigenvalue weighted by molar-refractivity contribution is 0.146. The normalized spacial score (nSPS) is 20.4. The molecular weight excluding hydrogens is 310 g/mol. The first-order chi connectivity index (χ1) is 10.4. The first-order valence-corrected chi connectivity index (χ1v) is 8.44. The SMILES string of the molecule is O=S1(=O)CCC(c2ccc(-c3ccc(C(F)F)nc3)cc2)N1. The number of hydrogen-bond acceptors (Lipinski definition) is 3. The second kappa shape index (κ2) is 5.73. The fourth-order valence-corrected chi connectivity index (χ4v) is 3.81. The van der Waals surface area contributed by atoms with E-state index in [1.54, 1.807) is 6.07 Å². The van der Waals surface area contributed by atoms with Crippen LogP contribution in [0.2, 0.25) is 0 Å². The van der Waals surface area contributed by atoms with Crippen LogP contribution in [0.3, 0.4) is 0 Å². The maximum atomic E-state index is 12.5. The van der Waals surface area contributed by atoms with E-state index >= 15 is 0 Å². The van der Waals surface area contributed by atoms with Gasteiger partial charge in [-0.1, -0.05) is 30.3 Å². The van der Waals surface area contributed by atoms with E-state index in [0.717, 1.165) is 16.7 Å². The molecule has 2 aromatic rings. The van der Waals surface area contributed by atoms with Gasteiger partial charge < -0.3 is 0 Å². The number of aromatic nitrogens is 1. The Bertz CT molecular complexity index is 759. The lowest BCUT2D eigenvalue weighted by atomic mass is 10.0. The Balaban J connectivity index is 1.79. The predicted octanol–water partition coefficient (Wildman–Crippen LogP) is 3.05. The van der Waals surface area contributed by atoms with Gasteiger partial charge in [0.1, 0.15) is 5.69 Å². The number of rotatable bonds is 3. The van der Waals surface area contributed by atoms with Gasteiger partial charge in [0.25, 0.3) is 6.43 Å². The summed E-state index contributed by atoms with van der Waals surface area (Å²) < 4.78 is 50.4. The highest BCUT2D eigenvalue weighted by molar-refractivity contribution is 7.89. The molecule has 2 heterocycles. The van der Waals surface area contributed by atoms with Crippen LogP contribution in [-0.2, 0) is 10.0 Å². The van der Waals surface area contributed by atoms with Crippen LogP contribution in [0.1, 0.15) is 30.1 Å². The zero-order valence-electron chi connectivity index (χ0n) is 11.5. The van der Waals surface area contributed by atoms with E-state index in [-0.39, 0.29) is 17.5 Å². The standard InChI is InChI=1S/C15H14F2N2O2S/c16-15(17)14-6-5-12(9-18-14)10-1-3-11(4-2-10)13-7-8-22(20,21)19-13/h1-6,9,13,15,19H,7-8H2. The van der Waals surface area contributed by atoms with Gasteiger partial charge >= 0.3 is 0 Å². The molecule has 1 aromatic carbocycles. The Morgan fingerprint density at radius 1 is 1.09 bits per heavy atom. The van der Waals surface area contributed by atoms with Crippen LogP contribution >= 0.6 is 0 Å². The molecule has 116 valence electrons. The zero-order chi connectivity index (χ0) is 15.7. The lowest BCUT2D eigenvalue weighted by Crippen LogP contribution is -2.19. The quantitative estimate of drug-likeness (QED) is 0.944. The first kappa shape index (κ1) is 15.1. The first-order valence-electron chi connectivity index (χ1n) is 6.79. The van der Waals surface area contributed by atoms with Gasteiger partial charge in [0.2, 0.25) is 10.0 Å². The minimum absolute atomic E-state index is 0.137. The molecule has 7 heteroatoms. The van der Waals surface area contributed by atoms with Crippen LogP contribution in [0.4, 0.5) is 8.78 Å². The average molecular weight is 324 g/mol. The number of nitrogens with one attached hydrogen (secondary N) is 1. The molecule has 1 atom stereocenters. The van der Waals surface area contributed by atoms with Crippen molar-refractivity contribution in [2.24, 2.45) is 0 Å². The second-order valence-electron chi connectivity index (χ2n) is 5.17. The van der Waals surface area contributed by atoms with Crippen LogP contribution in [0.5, 0.6) is 0 Å². The highest BCUT2D eigenvalue weighted by Crippen LogP contribution is 2.27. The summed E-state index contributed by atoms with van der Waals surface area (Å²) in [6.45, 7) is 0. The summed E-state index contributed by atoms with van der Waals surface area (Å²) in [6, 6.07) is 10.1. The molecule has 1 N–H and O–H groups in total. The maximum absolute atomic E-state index is 12.5. The van der Waals surface area contributed by atoms with Crippen molar-refractivity contribution >= 4 is 10.0 Å². The molecule has 1 saturated heterocycles. The monoisotopic (exact) mass is 324 g/mol. The van der Waals surface area contributed by atoms with E-state index in [4.69, 9.17) is 0 Å². The number of halogens is 2. The van der Waals surface area contributed by atoms with Gasteiger partial charge in [0.15, 0.2) is 0 Å². The van der Waals surface area contributed by atoms with Crippen molar-refractivity contribution in [1.29, 1.82) is 0 Å². The smallest absolute Gasteiger partial charge is 0.255 e. The third-order valence-corrected chi connectivity index (χ3v) is 5.07. The minimum Gasteiger partial charge on any atom is -0.255 e. The molecule has 0 saturated carbocycles. The summed E-state index contributed by atoms with van der Waals surface area (Å²) in [5, 5.41) is 0. The number of nitrogens with zero attached hydrogens (tertiary/aromatic N) is 1. The molecule has 1 fully saturated rings. The summed E-state index contributed by atoms with van der Waals surface area (Å²) in [4.78, 5) is 3.73. The molecule has 1 aliphatic heterocycles. The Labute approximate surface area is 127 Å². The Hall–Kier alpha value is -1.86. The van der Waals surface area contributed by atoms with Gasteiger partial charge in [-0.2, -0.15) is 0 Å². The molecule has 0 radical (unpaired) electrons. The fourth-order valence-electron chi connectivity index (χ4n) is 2.46. The van der Waals surface area contributed by atoms with E-state index in [1.807, 2.05) is 24.3 Å². The number of alkyl halides is 2. The van der Waals surface area contributed by atoms with E-state index in [0.29, 0.717) is 6.42 Å². The summed E-state index contributed by atoms with van der Waals surface area (Å²) >= 11 is 0. The van der Waals surface area contributed by atoms with Crippen LogP contribution in [0, 0.1) is 0 Å². The number of hydrogen-bond donors (Lipinski definition) is 1. The Kier molecular flexibility index (Phi) is 3.92. The molecule has 0 amide bonds. The maximum Gasteiger partial charge on any atom is 0.280 e. The molecule has 1 unspecified atom stereocenters. The number of pyridine rings is 1. The van der Waals surface area contributed by atoms with Crippen LogP contribution in [0.15, 0.2) is 42.6 Å². The summed E-state index contributed by atoms with van der Waals surface area (Å²) in [5.74, 6) is 0.137.